The van der Waals surface area contributed by atoms with Crippen LogP contribution < -0.4 is 0 Å². The zero-order valence-corrected chi connectivity index (χ0v) is 10.2. The summed E-state index contributed by atoms with van der Waals surface area (Å²) in [7, 11) is 3.25. The SMILES string of the molecule is COC.O=Cc1cc2ccc(Br)cc2[nH]1. The van der Waals surface area contributed by atoms with Gasteiger partial charge in [0.05, 0.1) is 5.69 Å². The van der Waals surface area contributed by atoms with Crippen molar-refractivity contribution in [1.29, 1.82) is 0 Å². The summed E-state index contributed by atoms with van der Waals surface area (Å²) >= 11 is 3.36. The predicted octanol–water partition coefficient (Wildman–Crippen LogP) is 3.01. The van der Waals surface area contributed by atoms with Gasteiger partial charge in [0.2, 0.25) is 0 Å². The summed E-state index contributed by atoms with van der Waals surface area (Å²) in [6.07, 6.45) is 0.813. The van der Waals surface area contributed by atoms with Crippen molar-refractivity contribution in [2.75, 3.05) is 14.2 Å². The Labute approximate surface area is 96.6 Å². The number of carbonyl (C=O) groups is 1. The molecule has 0 fully saturated rings. The van der Waals surface area contributed by atoms with Gasteiger partial charge in [-0.25, -0.2) is 0 Å². The van der Waals surface area contributed by atoms with Crippen LogP contribution in [0.25, 0.3) is 10.9 Å². The van der Waals surface area contributed by atoms with Crippen LogP contribution in [0, 0.1) is 0 Å². The molecule has 0 radical (unpaired) electrons. The minimum Gasteiger partial charge on any atom is -0.388 e. The van der Waals surface area contributed by atoms with Gasteiger partial charge < -0.3 is 9.72 Å². The zero-order valence-electron chi connectivity index (χ0n) is 8.58. The third-order valence-corrected chi connectivity index (χ3v) is 2.23. The van der Waals surface area contributed by atoms with Crippen LogP contribution in [-0.2, 0) is 4.74 Å². The standard InChI is InChI=1S/C9H6BrNO.C2H6O/c10-7-2-1-6-3-8(5-12)11-9(6)4-7;1-3-2/h1-5,11H;1-2H3. The fourth-order valence-corrected chi connectivity index (χ4v) is 1.55. The van der Waals surface area contributed by atoms with E-state index < -0.39 is 0 Å². The van der Waals surface area contributed by atoms with Crippen molar-refractivity contribution in [3.05, 3.63) is 34.4 Å². The Morgan fingerprint density at radius 1 is 1.33 bits per heavy atom. The molecule has 4 heteroatoms. The van der Waals surface area contributed by atoms with E-state index in [-0.39, 0.29) is 0 Å². The van der Waals surface area contributed by atoms with Crippen LogP contribution in [0.1, 0.15) is 10.5 Å². The van der Waals surface area contributed by atoms with E-state index in [2.05, 4.69) is 25.7 Å². The first-order valence-corrected chi connectivity index (χ1v) is 5.14. The topological polar surface area (TPSA) is 42.1 Å². The van der Waals surface area contributed by atoms with E-state index in [1.807, 2.05) is 24.3 Å². The van der Waals surface area contributed by atoms with Gasteiger partial charge in [0.15, 0.2) is 6.29 Å². The summed E-state index contributed by atoms with van der Waals surface area (Å²) in [5.41, 5.74) is 1.59. The van der Waals surface area contributed by atoms with Gasteiger partial charge in [-0.1, -0.05) is 22.0 Å². The van der Waals surface area contributed by atoms with Crippen molar-refractivity contribution in [2.45, 2.75) is 0 Å². The highest BCUT2D eigenvalue weighted by atomic mass is 79.9. The summed E-state index contributed by atoms with van der Waals surface area (Å²) in [5, 5.41) is 1.06. The monoisotopic (exact) mass is 269 g/mol. The van der Waals surface area contributed by atoms with Crippen molar-refractivity contribution in [3.63, 3.8) is 0 Å². The average molecular weight is 270 g/mol. The van der Waals surface area contributed by atoms with Crippen LogP contribution in [0.2, 0.25) is 0 Å². The molecule has 0 aliphatic heterocycles. The van der Waals surface area contributed by atoms with Gasteiger partial charge in [0.1, 0.15) is 0 Å². The quantitative estimate of drug-likeness (QED) is 0.809. The average Bonchev–Trinajstić information content (AvgIpc) is 2.61. The normalized spacial score (nSPS) is 9.53. The molecule has 0 spiro atoms. The Bertz CT molecular complexity index is 451. The Balaban J connectivity index is 0.000000337. The van der Waals surface area contributed by atoms with Crippen LogP contribution in [-0.4, -0.2) is 25.5 Å². The number of aromatic amines is 1. The highest BCUT2D eigenvalue weighted by Crippen LogP contribution is 2.19. The molecule has 0 atom stereocenters. The lowest BCUT2D eigenvalue weighted by Gasteiger charge is -1.89. The molecule has 1 N–H and O–H groups in total. The summed E-state index contributed by atoms with van der Waals surface area (Å²) in [6, 6.07) is 7.69. The first-order valence-electron chi connectivity index (χ1n) is 4.35. The molecule has 0 unspecified atom stereocenters. The number of benzene rings is 1. The number of aldehydes is 1. The fraction of sp³-hybridized carbons (Fsp3) is 0.182. The molecule has 2 rings (SSSR count). The molecule has 0 aliphatic carbocycles. The lowest BCUT2D eigenvalue weighted by molar-refractivity contribution is 0.112. The third kappa shape index (κ3) is 3.18. The summed E-state index contributed by atoms with van der Waals surface area (Å²) in [4.78, 5) is 13.4. The molecule has 80 valence electrons. The second-order valence-electron chi connectivity index (χ2n) is 2.98. The highest BCUT2D eigenvalue weighted by Gasteiger charge is 1.98. The van der Waals surface area contributed by atoms with Crippen molar-refractivity contribution in [2.24, 2.45) is 0 Å². The molecule has 1 heterocycles. The van der Waals surface area contributed by atoms with E-state index in [0.717, 1.165) is 21.7 Å². The molecule has 0 amide bonds. The molecule has 0 saturated carbocycles. The van der Waals surface area contributed by atoms with Gasteiger partial charge in [-0.15, -0.1) is 0 Å². The smallest absolute Gasteiger partial charge is 0.166 e. The summed E-state index contributed by atoms with van der Waals surface area (Å²) < 4.78 is 5.26. The van der Waals surface area contributed by atoms with E-state index in [1.165, 1.54) is 0 Å². The van der Waals surface area contributed by atoms with Crippen molar-refractivity contribution < 1.29 is 9.53 Å². The van der Waals surface area contributed by atoms with Gasteiger partial charge in [-0.05, 0) is 18.2 Å². The van der Waals surface area contributed by atoms with Gasteiger partial charge in [-0.2, -0.15) is 0 Å². The van der Waals surface area contributed by atoms with Crippen LogP contribution >= 0.6 is 15.9 Å². The van der Waals surface area contributed by atoms with Crippen molar-refractivity contribution in [3.8, 4) is 0 Å². The first kappa shape index (κ1) is 11.9. The number of methoxy groups -OCH3 is 1. The van der Waals surface area contributed by atoms with Gasteiger partial charge in [0.25, 0.3) is 0 Å². The summed E-state index contributed by atoms with van der Waals surface area (Å²) in [6.45, 7) is 0. The van der Waals surface area contributed by atoms with E-state index in [9.17, 15) is 4.79 Å². The summed E-state index contributed by atoms with van der Waals surface area (Å²) in [5.74, 6) is 0. The molecule has 1 aromatic carbocycles. The minimum absolute atomic E-state index is 0.614. The van der Waals surface area contributed by atoms with Crippen LogP contribution in [0.5, 0.6) is 0 Å². The molecule has 2 aromatic rings. The molecular formula is C11H12BrNO2. The number of aromatic nitrogens is 1. The number of H-pyrrole nitrogens is 1. The van der Waals surface area contributed by atoms with Crippen LogP contribution in [0.15, 0.2) is 28.7 Å². The van der Waals surface area contributed by atoms with Crippen LogP contribution in [0.4, 0.5) is 0 Å². The number of hydrogen-bond acceptors (Lipinski definition) is 2. The Morgan fingerprint density at radius 2 is 2.00 bits per heavy atom. The fourth-order valence-electron chi connectivity index (χ4n) is 1.19. The number of hydrogen-bond donors (Lipinski definition) is 1. The predicted molar refractivity (Wildman–Crippen MR) is 64.3 cm³/mol. The van der Waals surface area contributed by atoms with Gasteiger partial charge >= 0.3 is 0 Å². The molecule has 1 aromatic heterocycles. The van der Waals surface area contributed by atoms with Crippen LogP contribution in [0.3, 0.4) is 0 Å². The largest absolute Gasteiger partial charge is 0.388 e. The molecule has 0 saturated heterocycles. The van der Waals surface area contributed by atoms with E-state index in [0.29, 0.717) is 5.69 Å². The maximum absolute atomic E-state index is 10.4. The molecule has 0 aliphatic rings. The highest BCUT2D eigenvalue weighted by molar-refractivity contribution is 9.10. The number of halogens is 1. The molecule has 15 heavy (non-hydrogen) atoms. The van der Waals surface area contributed by atoms with E-state index in [4.69, 9.17) is 0 Å². The first-order chi connectivity index (χ1) is 7.21. The lowest BCUT2D eigenvalue weighted by Crippen LogP contribution is -1.74. The third-order valence-electron chi connectivity index (χ3n) is 1.73. The zero-order chi connectivity index (χ0) is 11.3. The molecule has 3 nitrogen and oxygen atoms in total. The maximum atomic E-state index is 10.4. The number of fused-ring (bicyclic) bond motifs is 1. The number of rotatable bonds is 1. The lowest BCUT2D eigenvalue weighted by atomic mass is 10.2. The van der Waals surface area contributed by atoms with E-state index in [1.54, 1.807) is 14.2 Å². The second kappa shape index (κ2) is 5.68. The van der Waals surface area contributed by atoms with Gasteiger partial charge in [-0.3, -0.25) is 4.79 Å². The maximum Gasteiger partial charge on any atom is 0.166 e. The molecular weight excluding hydrogens is 258 g/mol. The Kier molecular flexibility index (Phi) is 4.52. The van der Waals surface area contributed by atoms with Crippen molar-refractivity contribution >= 4 is 33.1 Å². The molecule has 0 bridgehead atoms. The number of ether oxygens (including phenoxy) is 1. The van der Waals surface area contributed by atoms with E-state index >= 15 is 0 Å². The number of carbonyl (C=O) groups excluding carboxylic acids is 1. The Morgan fingerprint density at radius 3 is 2.60 bits per heavy atom. The van der Waals surface area contributed by atoms with Gasteiger partial charge in [0, 0.05) is 29.6 Å². The Hall–Kier alpha value is -1.13. The minimum atomic E-state index is 0.614. The number of nitrogens with one attached hydrogen (secondary N) is 1. The van der Waals surface area contributed by atoms with Crippen molar-refractivity contribution in [1.82, 2.24) is 4.98 Å². The second-order valence-corrected chi connectivity index (χ2v) is 3.90.